The first kappa shape index (κ1) is 20.2. The number of benzene rings is 1. The zero-order valence-corrected chi connectivity index (χ0v) is 15.9. The highest BCUT2D eigenvalue weighted by atomic mass is 16.5. The third kappa shape index (κ3) is 7.04. The van der Waals surface area contributed by atoms with Crippen LogP contribution in [0.15, 0.2) is 24.3 Å². The molecule has 144 valence electrons. The fraction of sp³-hybridized carbons (Fsp3) is 0.600. The van der Waals surface area contributed by atoms with E-state index >= 15 is 0 Å². The lowest BCUT2D eigenvalue weighted by Gasteiger charge is -2.21. The number of amides is 2. The second kappa shape index (κ2) is 10.8. The monoisotopic (exact) mass is 361 g/mol. The number of hydrogen-bond donors (Lipinski definition) is 2. The van der Waals surface area contributed by atoms with Crippen LogP contribution in [0.2, 0.25) is 0 Å². The average Bonchev–Trinajstić information content (AvgIpc) is 2.83. The lowest BCUT2D eigenvalue weighted by Crippen LogP contribution is -2.35. The molecule has 0 aromatic heterocycles. The largest absolute Gasteiger partial charge is 0.497 e. The Morgan fingerprint density at radius 1 is 1.23 bits per heavy atom. The van der Waals surface area contributed by atoms with Crippen LogP contribution >= 0.6 is 0 Å². The molecule has 0 radical (unpaired) electrons. The van der Waals surface area contributed by atoms with Crippen molar-refractivity contribution in [2.24, 2.45) is 0 Å². The van der Waals surface area contributed by atoms with Gasteiger partial charge in [-0.05, 0) is 57.0 Å². The van der Waals surface area contributed by atoms with Crippen molar-refractivity contribution in [3.05, 3.63) is 24.3 Å². The van der Waals surface area contributed by atoms with Gasteiger partial charge < -0.3 is 20.3 Å². The highest BCUT2D eigenvalue weighted by molar-refractivity contribution is 5.91. The molecule has 1 aromatic carbocycles. The van der Waals surface area contributed by atoms with Crippen LogP contribution in [0.1, 0.15) is 45.4 Å². The van der Waals surface area contributed by atoms with E-state index in [4.69, 9.17) is 4.74 Å². The van der Waals surface area contributed by atoms with Crippen molar-refractivity contribution >= 4 is 17.5 Å². The number of anilines is 1. The summed E-state index contributed by atoms with van der Waals surface area (Å²) in [5.41, 5.74) is 0.766. The molecule has 1 heterocycles. The molecule has 1 aromatic rings. The first-order valence-corrected chi connectivity index (χ1v) is 9.53. The molecule has 6 heteroatoms. The minimum atomic E-state index is -0.0159. The van der Waals surface area contributed by atoms with Gasteiger partial charge in [-0.1, -0.05) is 6.42 Å². The van der Waals surface area contributed by atoms with Crippen molar-refractivity contribution in [2.45, 2.75) is 51.5 Å². The first-order chi connectivity index (χ1) is 12.6. The van der Waals surface area contributed by atoms with Crippen molar-refractivity contribution in [1.29, 1.82) is 0 Å². The van der Waals surface area contributed by atoms with Crippen molar-refractivity contribution in [3.63, 3.8) is 0 Å². The van der Waals surface area contributed by atoms with Gasteiger partial charge in [0, 0.05) is 37.7 Å². The van der Waals surface area contributed by atoms with Gasteiger partial charge in [0.05, 0.1) is 7.11 Å². The van der Waals surface area contributed by atoms with E-state index in [1.54, 1.807) is 7.11 Å². The summed E-state index contributed by atoms with van der Waals surface area (Å²) in [6.07, 6.45) is 5.30. The number of carbonyl (C=O) groups is 2. The molecule has 1 saturated heterocycles. The Kier molecular flexibility index (Phi) is 8.41. The number of hydrogen-bond acceptors (Lipinski definition) is 4. The number of likely N-dealkylation sites (tertiary alicyclic amines) is 1. The maximum absolute atomic E-state index is 12.1. The predicted molar refractivity (Wildman–Crippen MR) is 103 cm³/mol. The lowest BCUT2D eigenvalue weighted by molar-refractivity contribution is -0.130. The Bertz CT molecular complexity index is 574. The Hall–Kier alpha value is -2.08. The molecule has 0 saturated carbocycles. The number of methoxy groups -OCH3 is 1. The van der Waals surface area contributed by atoms with Gasteiger partial charge >= 0.3 is 0 Å². The Morgan fingerprint density at radius 2 is 2.00 bits per heavy atom. The molecule has 1 aliphatic rings. The van der Waals surface area contributed by atoms with Gasteiger partial charge in [-0.3, -0.25) is 9.59 Å². The molecule has 0 aliphatic carbocycles. The fourth-order valence-electron chi connectivity index (χ4n) is 3.13. The van der Waals surface area contributed by atoms with Crippen molar-refractivity contribution < 1.29 is 14.3 Å². The van der Waals surface area contributed by atoms with E-state index in [2.05, 4.69) is 10.6 Å². The predicted octanol–water partition coefficient (Wildman–Crippen LogP) is 2.79. The zero-order chi connectivity index (χ0) is 18.8. The van der Waals surface area contributed by atoms with Gasteiger partial charge in [-0.2, -0.15) is 0 Å². The molecule has 6 nitrogen and oxygen atoms in total. The second-order valence-corrected chi connectivity index (χ2v) is 6.88. The summed E-state index contributed by atoms with van der Waals surface area (Å²) < 4.78 is 5.10. The number of carbonyl (C=O) groups excluding carboxylic acids is 2. The van der Waals surface area contributed by atoms with Crippen LogP contribution < -0.4 is 15.4 Å². The summed E-state index contributed by atoms with van der Waals surface area (Å²) >= 11 is 0. The third-order valence-electron chi connectivity index (χ3n) is 4.63. The Labute approximate surface area is 156 Å². The molecule has 2 rings (SSSR count). The molecule has 26 heavy (non-hydrogen) atoms. The fourth-order valence-corrected chi connectivity index (χ4v) is 3.13. The molecule has 1 fully saturated rings. The van der Waals surface area contributed by atoms with Crippen LogP contribution in [-0.4, -0.2) is 49.5 Å². The van der Waals surface area contributed by atoms with Gasteiger partial charge in [0.15, 0.2) is 0 Å². The van der Waals surface area contributed by atoms with Crippen molar-refractivity contribution in [3.8, 4) is 5.75 Å². The van der Waals surface area contributed by atoms with Crippen LogP contribution in [-0.2, 0) is 9.59 Å². The van der Waals surface area contributed by atoms with Gasteiger partial charge in [-0.25, -0.2) is 0 Å². The molecule has 0 spiro atoms. The van der Waals surface area contributed by atoms with E-state index in [1.807, 2.05) is 36.1 Å². The smallest absolute Gasteiger partial charge is 0.225 e. The SMILES string of the molecule is COc1ccc(NC(=O)C[C@@H](C)NCCCN2CCCCCC2=O)cc1. The Balaban J connectivity index is 1.62. The van der Waals surface area contributed by atoms with Gasteiger partial charge in [0.1, 0.15) is 5.75 Å². The number of nitrogens with one attached hydrogen (secondary N) is 2. The molecule has 0 bridgehead atoms. The average molecular weight is 361 g/mol. The number of nitrogens with zero attached hydrogens (tertiary/aromatic N) is 1. The van der Waals surface area contributed by atoms with Crippen LogP contribution in [0.5, 0.6) is 5.75 Å². The summed E-state index contributed by atoms with van der Waals surface area (Å²) in [5, 5.41) is 6.26. The van der Waals surface area contributed by atoms with E-state index in [1.165, 1.54) is 0 Å². The van der Waals surface area contributed by atoms with Crippen LogP contribution in [0.25, 0.3) is 0 Å². The maximum atomic E-state index is 12.1. The normalized spacial score (nSPS) is 16.1. The van der Waals surface area contributed by atoms with Gasteiger partial charge in [0.25, 0.3) is 0 Å². The van der Waals surface area contributed by atoms with E-state index in [9.17, 15) is 9.59 Å². The molecule has 2 amide bonds. The number of ether oxygens (including phenoxy) is 1. The van der Waals surface area contributed by atoms with Crippen LogP contribution in [0.3, 0.4) is 0 Å². The van der Waals surface area contributed by atoms with E-state index in [0.29, 0.717) is 12.8 Å². The highest BCUT2D eigenvalue weighted by Crippen LogP contribution is 2.15. The number of rotatable bonds is 9. The third-order valence-corrected chi connectivity index (χ3v) is 4.63. The van der Waals surface area contributed by atoms with Crippen molar-refractivity contribution in [2.75, 3.05) is 32.1 Å². The van der Waals surface area contributed by atoms with E-state index < -0.39 is 0 Å². The lowest BCUT2D eigenvalue weighted by atomic mass is 10.2. The van der Waals surface area contributed by atoms with Crippen LogP contribution in [0.4, 0.5) is 5.69 Å². The van der Waals surface area contributed by atoms with Crippen LogP contribution in [0, 0.1) is 0 Å². The Morgan fingerprint density at radius 3 is 2.73 bits per heavy atom. The summed E-state index contributed by atoms with van der Waals surface area (Å²) in [7, 11) is 1.61. The zero-order valence-electron chi connectivity index (χ0n) is 15.9. The maximum Gasteiger partial charge on any atom is 0.225 e. The molecule has 1 aliphatic heterocycles. The summed E-state index contributed by atoms with van der Waals surface area (Å²) in [5.74, 6) is 1.04. The minimum absolute atomic E-state index is 0.0159. The minimum Gasteiger partial charge on any atom is -0.497 e. The van der Waals surface area contributed by atoms with Crippen molar-refractivity contribution in [1.82, 2.24) is 10.2 Å². The molecule has 0 unspecified atom stereocenters. The van der Waals surface area contributed by atoms with Gasteiger partial charge in [-0.15, -0.1) is 0 Å². The van der Waals surface area contributed by atoms with E-state index in [0.717, 1.165) is 56.8 Å². The molecule has 2 N–H and O–H groups in total. The summed E-state index contributed by atoms with van der Waals surface area (Å²) in [6, 6.07) is 7.39. The summed E-state index contributed by atoms with van der Waals surface area (Å²) in [4.78, 5) is 26.0. The van der Waals surface area contributed by atoms with E-state index in [-0.39, 0.29) is 17.9 Å². The summed E-state index contributed by atoms with van der Waals surface area (Å²) in [6.45, 7) is 4.50. The standard InChI is InChI=1S/C20H31N3O3/c1-16(15-19(24)22-17-8-10-18(26-2)11-9-17)21-12-6-14-23-13-5-3-4-7-20(23)25/h8-11,16,21H,3-7,12-15H2,1-2H3,(H,22,24)/t16-/m1/s1. The first-order valence-electron chi connectivity index (χ1n) is 9.53. The molecule has 1 atom stereocenters. The molecular weight excluding hydrogens is 330 g/mol. The topological polar surface area (TPSA) is 70.7 Å². The quantitative estimate of drug-likeness (QED) is 0.664. The van der Waals surface area contributed by atoms with Gasteiger partial charge in [0.2, 0.25) is 11.8 Å². The highest BCUT2D eigenvalue weighted by Gasteiger charge is 2.16. The second-order valence-electron chi connectivity index (χ2n) is 6.88. The molecular formula is C20H31N3O3.